The third-order valence-corrected chi connectivity index (χ3v) is 5.94. The second kappa shape index (κ2) is 8.50. The van der Waals surface area contributed by atoms with Crippen LogP contribution in [-0.2, 0) is 6.42 Å². The van der Waals surface area contributed by atoms with Gasteiger partial charge in [-0.3, -0.25) is 9.69 Å². The average molecular weight is 358 g/mol. The zero-order valence-corrected chi connectivity index (χ0v) is 15.6. The molecule has 3 rings (SSSR count). The molecule has 1 aliphatic rings. The van der Waals surface area contributed by atoms with Crippen LogP contribution in [0.15, 0.2) is 35.7 Å². The van der Waals surface area contributed by atoms with E-state index in [1.807, 2.05) is 11.3 Å². The van der Waals surface area contributed by atoms with Gasteiger partial charge in [-0.1, -0.05) is 19.8 Å². The van der Waals surface area contributed by atoms with Crippen molar-refractivity contribution in [2.45, 2.75) is 38.6 Å². The lowest BCUT2D eigenvalue weighted by molar-refractivity contribution is 0.0941. The van der Waals surface area contributed by atoms with E-state index in [0.717, 1.165) is 19.5 Å². The van der Waals surface area contributed by atoms with Crippen molar-refractivity contribution in [1.29, 1.82) is 0 Å². The van der Waals surface area contributed by atoms with Gasteiger partial charge in [-0.15, -0.1) is 11.3 Å². The van der Waals surface area contributed by atoms with E-state index in [1.54, 1.807) is 24.3 Å². The van der Waals surface area contributed by atoms with Crippen LogP contribution in [-0.4, -0.2) is 30.4 Å². The molecule has 3 N–H and O–H groups in total. The van der Waals surface area contributed by atoms with E-state index < -0.39 is 0 Å². The van der Waals surface area contributed by atoms with Crippen LogP contribution in [0.3, 0.4) is 0 Å². The number of fused-ring (bicyclic) bond motifs is 1. The highest BCUT2D eigenvalue weighted by molar-refractivity contribution is 7.10. The van der Waals surface area contributed by atoms with Crippen molar-refractivity contribution in [3.05, 3.63) is 51.7 Å². The standard InChI is InChI=1S/C20H27N3OS/c1-2-3-4-18-19-15(10-14-25-19)9-12-23(18)13-11-22-20(24)16-5-7-17(21)8-6-16/h5-8,10,14,18H,2-4,9,11-13,21H2,1H3,(H,22,24). The smallest absolute Gasteiger partial charge is 0.251 e. The number of nitrogens with zero attached hydrogens (tertiary/aromatic N) is 1. The maximum Gasteiger partial charge on any atom is 0.251 e. The SMILES string of the molecule is CCCCC1c2sccc2CCN1CCNC(=O)c1ccc(N)cc1. The summed E-state index contributed by atoms with van der Waals surface area (Å²) in [5, 5.41) is 5.26. The summed E-state index contributed by atoms with van der Waals surface area (Å²) in [7, 11) is 0. The van der Waals surface area contributed by atoms with Gasteiger partial charge in [0.15, 0.2) is 0 Å². The van der Waals surface area contributed by atoms with Gasteiger partial charge in [0, 0.05) is 41.8 Å². The number of nitrogen functional groups attached to an aromatic ring is 1. The number of hydrogen-bond acceptors (Lipinski definition) is 4. The van der Waals surface area contributed by atoms with Crippen LogP contribution in [0.2, 0.25) is 0 Å². The first-order valence-corrected chi connectivity index (χ1v) is 10.0. The molecule has 1 aromatic heterocycles. The Balaban J connectivity index is 1.56. The fourth-order valence-electron chi connectivity index (χ4n) is 3.46. The van der Waals surface area contributed by atoms with E-state index in [9.17, 15) is 4.79 Å². The molecule has 0 fully saturated rings. The maximum absolute atomic E-state index is 12.2. The molecule has 0 bridgehead atoms. The fraction of sp³-hybridized carbons (Fsp3) is 0.450. The summed E-state index contributed by atoms with van der Waals surface area (Å²) in [6.45, 7) is 4.89. The van der Waals surface area contributed by atoms with Gasteiger partial charge in [-0.05, 0) is 54.1 Å². The Kier molecular flexibility index (Phi) is 6.10. The number of unbranched alkanes of at least 4 members (excludes halogenated alkanes) is 1. The molecular formula is C20H27N3OS. The first kappa shape index (κ1) is 18.0. The Morgan fingerprint density at radius 1 is 1.32 bits per heavy atom. The van der Waals surface area contributed by atoms with E-state index >= 15 is 0 Å². The van der Waals surface area contributed by atoms with E-state index in [4.69, 9.17) is 5.73 Å². The first-order chi connectivity index (χ1) is 12.2. The van der Waals surface area contributed by atoms with Crippen LogP contribution in [0.4, 0.5) is 5.69 Å². The van der Waals surface area contributed by atoms with Crippen molar-refractivity contribution in [1.82, 2.24) is 10.2 Å². The summed E-state index contributed by atoms with van der Waals surface area (Å²) in [6, 6.07) is 9.86. The Labute approximate surface area is 154 Å². The van der Waals surface area contributed by atoms with E-state index in [1.165, 1.54) is 29.7 Å². The first-order valence-electron chi connectivity index (χ1n) is 9.13. The maximum atomic E-state index is 12.2. The molecule has 2 aromatic rings. The lowest BCUT2D eigenvalue weighted by Crippen LogP contribution is -2.40. The van der Waals surface area contributed by atoms with Crippen molar-refractivity contribution >= 4 is 22.9 Å². The number of anilines is 1. The Morgan fingerprint density at radius 2 is 2.12 bits per heavy atom. The van der Waals surface area contributed by atoms with E-state index in [0.29, 0.717) is 23.8 Å². The summed E-state index contributed by atoms with van der Waals surface area (Å²) in [5.74, 6) is -0.0288. The highest BCUT2D eigenvalue weighted by Gasteiger charge is 2.27. The number of carbonyl (C=O) groups is 1. The summed E-state index contributed by atoms with van der Waals surface area (Å²) in [5.41, 5.74) is 8.53. The number of benzene rings is 1. The van der Waals surface area contributed by atoms with Gasteiger partial charge in [0.05, 0.1) is 0 Å². The van der Waals surface area contributed by atoms with Gasteiger partial charge in [0.25, 0.3) is 5.91 Å². The van der Waals surface area contributed by atoms with Crippen LogP contribution < -0.4 is 11.1 Å². The molecule has 1 aromatic carbocycles. The molecule has 5 heteroatoms. The third kappa shape index (κ3) is 4.41. The number of carbonyl (C=O) groups excluding carboxylic acids is 1. The van der Waals surface area contributed by atoms with Crippen LogP contribution in [0.5, 0.6) is 0 Å². The molecule has 0 aliphatic carbocycles. The molecule has 1 amide bonds. The quantitative estimate of drug-likeness (QED) is 0.740. The van der Waals surface area contributed by atoms with E-state index in [2.05, 4.69) is 28.6 Å². The van der Waals surface area contributed by atoms with Crippen molar-refractivity contribution in [2.75, 3.05) is 25.4 Å². The number of rotatable bonds is 7. The summed E-state index contributed by atoms with van der Waals surface area (Å²) in [6.07, 6.45) is 4.79. The van der Waals surface area contributed by atoms with Crippen molar-refractivity contribution in [3.8, 4) is 0 Å². The van der Waals surface area contributed by atoms with Crippen molar-refractivity contribution in [2.24, 2.45) is 0 Å². The molecule has 4 nitrogen and oxygen atoms in total. The highest BCUT2D eigenvalue weighted by Crippen LogP contribution is 2.36. The van der Waals surface area contributed by atoms with E-state index in [-0.39, 0.29) is 5.91 Å². The number of nitrogens with two attached hydrogens (primary N) is 1. The van der Waals surface area contributed by atoms with Gasteiger partial charge in [-0.25, -0.2) is 0 Å². The van der Waals surface area contributed by atoms with Crippen LogP contribution in [0, 0.1) is 0 Å². The zero-order valence-electron chi connectivity index (χ0n) is 14.8. The molecule has 2 heterocycles. The van der Waals surface area contributed by atoms with Gasteiger partial charge < -0.3 is 11.1 Å². The molecule has 0 radical (unpaired) electrons. The molecule has 1 aliphatic heterocycles. The van der Waals surface area contributed by atoms with Crippen LogP contribution >= 0.6 is 11.3 Å². The highest BCUT2D eigenvalue weighted by atomic mass is 32.1. The topological polar surface area (TPSA) is 58.4 Å². The number of amides is 1. The van der Waals surface area contributed by atoms with Gasteiger partial charge in [0.2, 0.25) is 0 Å². The molecule has 1 unspecified atom stereocenters. The Morgan fingerprint density at radius 3 is 2.88 bits per heavy atom. The molecule has 0 saturated carbocycles. The van der Waals surface area contributed by atoms with Crippen LogP contribution in [0.1, 0.15) is 53.0 Å². The van der Waals surface area contributed by atoms with Crippen molar-refractivity contribution < 1.29 is 4.79 Å². The lowest BCUT2D eigenvalue weighted by atomic mass is 9.97. The van der Waals surface area contributed by atoms with Crippen molar-refractivity contribution in [3.63, 3.8) is 0 Å². The van der Waals surface area contributed by atoms with Gasteiger partial charge in [-0.2, -0.15) is 0 Å². The Hall–Kier alpha value is -1.85. The predicted molar refractivity (Wildman–Crippen MR) is 105 cm³/mol. The summed E-state index contributed by atoms with van der Waals surface area (Å²) < 4.78 is 0. The number of nitrogens with one attached hydrogen (secondary N) is 1. The Bertz CT molecular complexity index is 695. The molecular weight excluding hydrogens is 330 g/mol. The lowest BCUT2D eigenvalue weighted by Gasteiger charge is -2.35. The summed E-state index contributed by atoms with van der Waals surface area (Å²) >= 11 is 1.88. The minimum atomic E-state index is -0.0288. The molecule has 0 spiro atoms. The monoisotopic (exact) mass is 357 g/mol. The molecule has 0 saturated heterocycles. The van der Waals surface area contributed by atoms with Gasteiger partial charge in [0.1, 0.15) is 0 Å². The second-order valence-electron chi connectivity index (χ2n) is 6.63. The average Bonchev–Trinajstić information content (AvgIpc) is 3.10. The minimum absolute atomic E-state index is 0.0288. The largest absolute Gasteiger partial charge is 0.399 e. The van der Waals surface area contributed by atoms with Gasteiger partial charge >= 0.3 is 0 Å². The fourth-order valence-corrected chi connectivity index (χ4v) is 4.58. The second-order valence-corrected chi connectivity index (χ2v) is 7.58. The molecule has 134 valence electrons. The minimum Gasteiger partial charge on any atom is -0.399 e. The molecule has 1 atom stereocenters. The predicted octanol–water partition coefficient (Wildman–Crippen LogP) is 3.85. The molecule has 25 heavy (non-hydrogen) atoms. The zero-order chi connectivity index (χ0) is 17.6. The van der Waals surface area contributed by atoms with Crippen LogP contribution in [0.25, 0.3) is 0 Å². The summed E-state index contributed by atoms with van der Waals surface area (Å²) in [4.78, 5) is 16.3. The number of thiophene rings is 1. The number of hydrogen-bond donors (Lipinski definition) is 2. The third-order valence-electron chi connectivity index (χ3n) is 4.88. The normalized spacial score (nSPS) is 17.2.